The quantitative estimate of drug-likeness (QED) is 0.730. The maximum Gasteiger partial charge on any atom is 0.416 e. The van der Waals surface area contributed by atoms with Crippen LogP contribution < -0.4 is 16.6 Å². The molecule has 1 N–H and O–H groups in total. The molecule has 0 fully saturated rings. The van der Waals surface area contributed by atoms with Crippen molar-refractivity contribution in [3.63, 3.8) is 0 Å². The van der Waals surface area contributed by atoms with E-state index >= 15 is 0 Å². The maximum absolute atomic E-state index is 12.8. The molecule has 0 saturated heterocycles. The molecule has 0 aliphatic rings. The Labute approximate surface area is 155 Å². The van der Waals surface area contributed by atoms with Crippen molar-refractivity contribution in [1.82, 2.24) is 18.7 Å². The minimum Gasteiger partial charge on any atom is -0.324 e. The number of carbonyl (C=O) groups is 1. The van der Waals surface area contributed by atoms with Crippen molar-refractivity contribution in [2.75, 3.05) is 5.32 Å². The van der Waals surface area contributed by atoms with Crippen LogP contribution in [0.3, 0.4) is 0 Å². The van der Waals surface area contributed by atoms with E-state index in [0.717, 1.165) is 16.7 Å². The fraction of sp³-hybridized carbons (Fsp3) is 0.294. The van der Waals surface area contributed by atoms with Gasteiger partial charge in [-0.2, -0.15) is 13.2 Å². The van der Waals surface area contributed by atoms with Gasteiger partial charge in [-0.25, -0.2) is 9.78 Å². The Bertz CT molecular complexity index is 1190. The number of nitrogens with zero attached hydrogens (tertiary/aromatic N) is 4. The molecule has 1 amide bonds. The summed E-state index contributed by atoms with van der Waals surface area (Å²) >= 11 is 0. The molecular weight excluding hydrogens is 379 g/mol. The molecule has 0 saturated carbocycles. The molecule has 8 nitrogen and oxygen atoms in total. The number of amides is 1. The van der Waals surface area contributed by atoms with Crippen molar-refractivity contribution in [1.29, 1.82) is 0 Å². The van der Waals surface area contributed by atoms with E-state index in [1.54, 1.807) is 0 Å². The predicted molar refractivity (Wildman–Crippen MR) is 95.0 cm³/mol. The highest BCUT2D eigenvalue weighted by atomic mass is 19.4. The molecule has 28 heavy (non-hydrogen) atoms. The van der Waals surface area contributed by atoms with Crippen molar-refractivity contribution < 1.29 is 18.0 Å². The number of hydrogen-bond donors (Lipinski definition) is 1. The summed E-state index contributed by atoms with van der Waals surface area (Å²) in [6.07, 6.45) is -3.30. The van der Waals surface area contributed by atoms with E-state index < -0.39 is 34.9 Å². The molecule has 0 aliphatic carbocycles. The molecule has 1 atom stereocenters. The lowest BCUT2D eigenvalue weighted by Crippen LogP contribution is -2.38. The van der Waals surface area contributed by atoms with Crippen LogP contribution in [0.5, 0.6) is 0 Å². The number of fused-ring (bicyclic) bond motifs is 1. The van der Waals surface area contributed by atoms with E-state index in [2.05, 4.69) is 10.3 Å². The summed E-state index contributed by atoms with van der Waals surface area (Å²) in [5.74, 6) is -0.644. The zero-order valence-electron chi connectivity index (χ0n) is 15.1. The second-order valence-corrected chi connectivity index (χ2v) is 6.27. The standard InChI is InChI=1S/C17H16F3N5O3/c1-9(14(26)22-11-6-4-5-10(7-11)17(18,19)20)25-8-21-13-12(25)15(27)24(3)16(28)23(13)2/h4-9H,1-3H3,(H,22,26)/t9-/m0/s1. The Kier molecular flexibility index (Phi) is 4.61. The third kappa shape index (κ3) is 3.19. The summed E-state index contributed by atoms with van der Waals surface area (Å²) in [5, 5.41) is 2.40. The number of imidazole rings is 1. The van der Waals surface area contributed by atoms with Crippen molar-refractivity contribution in [3.05, 3.63) is 57.0 Å². The van der Waals surface area contributed by atoms with Crippen LogP contribution in [0.15, 0.2) is 40.2 Å². The van der Waals surface area contributed by atoms with Gasteiger partial charge in [0.05, 0.1) is 11.9 Å². The zero-order chi connectivity index (χ0) is 20.8. The normalized spacial score (nSPS) is 12.9. The van der Waals surface area contributed by atoms with E-state index in [9.17, 15) is 27.6 Å². The summed E-state index contributed by atoms with van der Waals surface area (Å²) in [4.78, 5) is 41.0. The lowest BCUT2D eigenvalue weighted by atomic mass is 10.2. The van der Waals surface area contributed by atoms with Gasteiger partial charge in [-0.3, -0.25) is 18.7 Å². The molecule has 2 heterocycles. The predicted octanol–water partition coefficient (Wildman–Crippen LogP) is 1.65. The number of nitrogens with one attached hydrogen (secondary N) is 1. The average Bonchev–Trinajstić information content (AvgIpc) is 3.08. The van der Waals surface area contributed by atoms with Gasteiger partial charge in [-0.1, -0.05) is 6.07 Å². The number of alkyl halides is 3. The number of aromatic nitrogens is 4. The van der Waals surface area contributed by atoms with Gasteiger partial charge >= 0.3 is 11.9 Å². The van der Waals surface area contributed by atoms with E-state index in [4.69, 9.17) is 0 Å². The van der Waals surface area contributed by atoms with Crippen LogP contribution in [-0.4, -0.2) is 24.6 Å². The zero-order valence-corrected chi connectivity index (χ0v) is 15.1. The Morgan fingerprint density at radius 2 is 1.86 bits per heavy atom. The number of carbonyl (C=O) groups excluding carboxylic acids is 1. The maximum atomic E-state index is 12.8. The van der Waals surface area contributed by atoms with Gasteiger partial charge in [0, 0.05) is 19.8 Å². The minimum absolute atomic E-state index is 0.0311. The Balaban J connectivity index is 1.97. The van der Waals surface area contributed by atoms with Crippen molar-refractivity contribution >= 4 is 22.8 Å². The highest BCUT2D eigenvalue weighted by Gasteiger charge is 2.30. The molecule has 0 spiro atoms. The van der Waals surface area contributed by atoms with Crippen molar-refractivity contribution in [3.8, 4) is 0 Å². The highest BCUT2D eigenvalue weighted by Crippen LogP contribution is 2.30. The smallest absolute Gasteiger partial charge is 0.324 e. The lowest BCUT2D eigenvalue weighted by Gasteiger charge is -2.15. The van der Waals surface area contributed by atoms with Gasteiger partial charge in [0.1, 0.15) is 6.04 Å². The molecule has 0 radical (unpaired) electrons. The topological polar surface area (TPSA) is 90.9 Å². The first-order valence-electron chi connectivity index (χ1n) is 8.13. The molecule has 11 heteroatoms. The first-order chi connectivity index (χ1) is 13.0. The van der Waals surface area contributed by atoms with Crippen LogP contribution in [0.2, 0.25) is 0 Å². The van der Waals surface area contributed by atoms with Crippen LogP contribution >= 0.6 is 0 Å². The van der Waals surface area contributed by atoms with Crippen molar-refractivity contribution in [2.45, 2.75) is 19.1 Å². The number of anilines is 1. The number of benzene rings is 1. The number of rotatable bonds is 3. The van der Waals surface area contributed by atoms with Gasteiger partial charge in [-0.05, 0) is 25.1 Å². The summed E-state index contributed by atoms with van der Waals surface area (Å²) in [5.41, 5.74) is -1.98. The Hall–Kier alpha value is -3.37. The van der Waals surface area contributed by atoms with Gasteiger partial charge < -0.3 is 9.88 Å². The third-order valence-electron chi connectivity index (χ3n) is 4.43. The second kappa shape index (κ2) is 6.66. The van der Waals surface area contributed by atoms with E-state index in [1.165, 1.54) is 48.6 Å². The molecule has 0 bridgehead atoms. The molecule has 2 aromatic heterocycles. The largest absolute Gasteiger partial charge is 0.416 e. The monoisotopic (exact) mass is 395 g/mol. The second-order valence-electron chi connectivity index (χ2n) is 6.27. The lowest BCUT2D eigenvalue weighted by molar-refractivity contribution is -0.137. The van der Waals surface area contributed by atoms with Crippen LogP contribution in [0.4, 0.5) is 18.9 Å². The van der Waals surface area contributed by atoms with E-state index in [0.29, 0.717) is 0 Å². The Morgan fingerprint density at radius 1 is 1.18 bits per heavy atom. The van der Waals surface area contributed by atoms with Gasteiger partial charge in [0.2, 0.25) is 5.91 Å². The fourth-order valence-corrected chi connectivity index (χ4v) is 2.80. The van der Waals surface area contributed by atoms with Crippen LogP contribution in [0.25, 0.3) is 11.2 Å². The number of aryl methyl sites for hydroxylation is 1. The first-order valence-corrected chi connectivity index (χ1v) is 8.13. The molecule has 3 aromatic rings. The SMILES string of the molecule is C[C@@H](C(=O)Nc1cccc(C(F)(F)F)c1)n1cnc2c1c(=O)n(C)c(=O)n2C. The fourth-order valence-electron chi connectivity index (χ4n) is 2.80. The number of halogens is 3. The van der Waals surface area contributed by atoms with Crippen molar-refractivity contribution in [2.24, 2.45) is 14.1 Å². The molecular formula is C17H16F3N5O3. The summed E-state index contributed by atoms with van der Waals surface area (Å²) in [7, 11) is 2.74. The summed E-state index contributed by atoms with van der Waals surface area (Å²) in [6.45, 7) is 1.47. The highest BCUT2D eigenvalue weighted by molar-refractivity contribution is 5.94. The van der Waals surface area contributed by atoms with Crippen LogP contribution in [0, 0.1) is 0 Å². The van der Waals surface area contributed by atoms with Crippen LogP contribution in [-0.2, 0) is 25.1 Å². The van der Waals surface area contributed by atoms with E-state index in [-0.39, 0.29) is 16.9 Å². The molecule has 148 valence electrons. The molecule has 0 aliphatic heterocycles. The third-order valence-corrected chi connectivity index (χ3v) is 4.43. The molecule has 3 rings (SSSR count). The molecule has 0 unspecified atom stereocenters. The first kappa shape index (κ1) is 19.4. The summed E-state index contributed by atoms with van der Waals surface area (Å²) < 4.78 is 41.8. The summed E-state index contributed by atoms with van der Waals surface area (Å²) in [6, 6.07) is 3.26. The van der Waals surface area contributed by atoms with Gasteiger partial charge in [-0.15, -0.1) is 0 Å². The van der Waals surface area contributed by atoms with Gasteiger partial charge in [0.25, 0.3) is 5.56 Å². The van der Waals surface area contributed by atoms with Crippen LogP contribution in [0.1, 0.15) is 18.5 Å². The van der Waals surface area contributed by atoms with E-state index in [1.807, 2.05) is 0 Å². The average molecular weight is 395 g/mol. The molecule has 1 aromatic carbocycles. The Morgan fingerprint density at radius 3 is 2.50 bits per heavy atom. The van der Waals surface area contributed by atoms with Gasteiger partial charge in [0.15, 0.2) is 11.2 Å². The number of hydrogen-bond acceptors (Lipinski definition) is 4. The minimum atomic E-state index is -4.54.